The molecular weight excluding hydrogens is 436 g/mol. The third-order valence-electron chi connectivity index (χ3n) is 4.75. The van der Waals surface area contributed by atoms with Gasteiger partial charge in [-0.15, -0.1) is 10.2 Å². The smallest absolute Gasteiger partial charge is 0.234 e. The molecule has 4 rings (SSSR count). The van der Waals surface area contributed by atoms with Gasteiger partial charge in [-0.05, 0) is 42.0 Å². The van der Waals surface area contributed by atoms with Crippen molar-refractivity contribution < 1.29 is 14.3 Å². The van der Waals surface area contributed by atoms with Gasteiger partial charge >= 0.3 is 0 Å². The van der Waals surface area contributed by atoms with Gasteiger partial charge in [0.1, 0.15) is 24.7 Å². The first-order valence-electron chi connectivity index (χ1n) is 10.4. The Bertz CT molecular complexity index is 1170. The molecule has 7 nitrogen and oxygen atoms in total. The number of aromatic nitrogens is 3. The van der Waals surface area contributed by atoms with E-state index in [1.54, 1.807) is 0 Å². The first-order chi connectivity index (χ1) is 16.2. The summed E-state index contributed by atoms with van der Waals surface area (Å²) in [5.74, 6) is 2.30. The first-order valence-corrected chi connectivity index (χ1v) is 11.4. The second-order valence-electron chi connectivity index (χ2n) is 7.20. The van der Waals surface area contributed by atoms with Gasteiger partial charge in [0.15, 0.2) is 11.0 Å². The van der Waals surface area contributed by atoms with Gasteiger partial charge in [-0.3, -0.25) is 4.79 Å². The Hall–Kier alpha value is -3.78. The van der Waals surface area contributed by atoms with Crippen molar-refractivity contribution in [3.8, 4) is 11.5 Å². The molecule has 1 N–H and O–H groups in total. The van der Waals surface area contributed by atoms with Crippen LogP contribution in [-0.4, -0.2) is 26.4 Å². The van der Waals surface area contributed by atoms with Crippen molar-refractivity contribution in [1.82, 2.24) is 14.8 Å². The molecule has 0 spiro atoms. The Labute approximate surface area is 196 Å². The van der Waals surface area contributed by atoms with Crippen LogP contribution in [0.1, 0.15) is 11.4 Å². The zero-order valence-corrected chi connectivity index (χ0v) is 19.0. The van der Waals surface area contributed by atoms with E-state index in [0.717, 1.165) is 17.1 Å². The second kappa shape index (κ2) is 11.2. The van der Waals surface area contributed by atoms with Crippen LogP contribution >= 0.6 is 11.8 Å². The number of amides is 1. The fraction of sp³-hybridized carbons (Fsp3) is 0.160. The lowest BCUT2D eigenvalue weighted by molar-refractivity contribution is -0.113. The van der Waals surface area contributed by atoms with Crippen LogP contribution in [0, 0.1) is 0 Å². The Morgan fingerprint density at radius 1 is 0.848 bits per heavy atom. The minimum atomic E-state index is -0.122. The SMILES string of the molecule is Cn1c(COc2ccccc2)nnc1SCC(=O)Nc1ccc(OCc2ccccc2)cc1. The monoisotopic (exact) mass is 460 g/mol. The maximum absolute atomic E-state index is 12.4. The number of para-hydroxylation sites is 1. The summed E-state index contributed by atoms with van der Waals surface area (Å²) in [5.41, 5.74) is 1.81. The van der Waals surface area contributed by atoms with Crippen molar-refractivity contribution in [3.63, 3.8) is 0 Å². The second-order valence-corrected chi connectivity index (χ2v) is 8.14. The van der Waals surface area contributed by atoms with Crippen molar-refractivity contribution >= 4 is 23.4 Å². The van der Waals surface area contributed by atoms with Crippen LogP contribution in [0.2, 0.25) is 0 Å². The molecule has 0 atom stereocenters. The Morgan fingerprint density at radius 3 is 2.21 bits per heavy atom. The van der Waals surface area contributed by atoms with Gasteiger partial charge in [-0.2, -0.15) is 0 Å². The number of anilines is 1. The molecule has 0 saturated heterocycles. The largest absolute Gasteiger partial charge is 0.489 e. The third kappa shape index (κ3) is 6.60. The predicted molar refractivity (Wildman–Crippen MR) is 128 cm³/mol. The van der Waals surface area contributed by atoms with E-state index >= 15 is 0 Å². The summed E-state index contributed by atoms with van der Waals surface area (Å²) in [6.07, 6.45) is 0. The molecule has 0 radical (unpaired) electrons. The first kappa shape index (κ1) is 22.4. The molecular formula is C25H24N4O3S. The summed E-state index contributed by atoms with van der Waals surface area (Å²) in [5, 5.41) is 11.9. The number of nitrogens with one attached hydrogen (secondary N) is 1. The molecule has 0 aliphatic rings. The summed E-state index contributed by atoms with van der Waals surface area (Å²) in [4.78, 5) is 12.4. The molecule has 33 heavy (non-hydrogen) atoms. The molecule has 0 fully saturated rings. The van der Waals surface area contributed by atoms with Crippen LogP contribution in [0.15, 0.2) is 90.1 Å². The number of ether oxygens (including phenoxy) is 2. The summed E-state index contributed by atoms with van der Waals surface area (Å²) < 4.78 is 13.3. The maximum Gasteiger partial charge on any atom is 0.234 e. The van der Waals surface area contributed by atoms with Gasteiger partial charge in [0.05, 0.1) is 5.75 Å². The number of hydrogen-bond donors (Lipinski definition) is 1. The zero-order valence-electron chi connectivity index (χ0n) is 18.2. The lowest BCUT2D eigenvalue weighted by atomic mass is 10.2. The fourth-order valence-corrected chi connectivity index (χ4v) is 3.69. The van der Waals surface area contributed by atoms with Crippen molar-refractivity contribution in [3.05, 3.63) is 96.3 Å². The number of nitrogens with zero attached hydrogens (tertiary/aromatic N) is 3. The lowest BCUT2D eigenvalue weighted by Crippen LogP contribution is -2.14. The minimum Gasteiger partial charge on any atom is -0.489 e. The molecule has 0 unspecified atom stereocenters. The van der Waals surface area contributed by atoms with Crippen LogP contribution < -0.4 is 14.8 Å². The molecule has 1 amide bonds. The van der Waals surface area contributed by atoms with Crippen molar-refractivity contribution in [2.75, 3.05) is 11.1 Å². The number of hydrogen-bond acceptors (Lipinski definition) is 6. The molecule has 3 aromatic carbocycles. The van der Waals surface area contributed by atoms with E-state index in [-0.39, 0.29) is 11.7 Å². The van der Waals surface area contributed by atoms with E-state index in [9.17, 15) is 4.79 Å². The van der Waals surface area contributed by atoms with Crippen molar-refractivity contribution in [2.24, 2.45) is 7.05 Å². The van der Waals surface area contributed by atoms with E-state index in [1.165, 1.54) is 11.8 Å². The van der Waals surface area contributed by atoms with Crippen LogP contribution in [0.25, 0.3) is 0 Å². The zero-order chi connectivity index (χ0) is 22.9. The van der Waals surface area contributed by atoms with E-state index in [4.69, 9.17) is 9.47 Å². The maximum atomic E-state index is 12.4. The van der Waals surface area contributed by atoms with Crippen molar-refractivity contribution in [1.29, 1.82) is 0 Å². The highest BCUT2D eigenvalue weighted by atomic mass is 32.2. The highest BCUT2D eigenvalue weighted by Crippen LogP contribution is 2.20. The summed E-state index contributed by atoms with van der Waals surface area (Å²) in [6, 6.07) is 26.8. The predicted octanol–water partition coefficient (Wildman–Crippen LogP) is 4.70. The Kier molecular flexibility index (Phi) is 7.60. The molecule has 0 bridgehead atoms. The van der Waals surface area contributed by atoms with Gasteiger partial charge < -0.3 is 19.4 Å². The highest BCUT2D eigenvalue weighted by molar-refractivity contribution is 7.99. The molecule has 0 aliphatic heterocycles. The average Bonchev–Trinajstić information content (AvgIpc) is 3.21. The van der Waals surface area contributed by atoms with E-state index in [0.29, 0.717) is 29.9 Å². The van der Waals surface area contributed by atoms with Crippen LogP contribution in [0.4, 0.5) is 5.69 Å². The molecule has 168 valence electrons. The molecule has 1 heterocycles. The molecule has 8 heteroatoms. The van der Waals surface area contributed by atoms with Gasteiger partial charge in [0.25, 0.3) is 0 Å². The summed E-state index contributed by atoms with van der Waals surface area (Å²) >= 11 is 1.32. The lowest BCUT2D eigenvalue weighted by Gasteiger charge is -2.09. The quantitative estimate of drug-likeness (QED) is 0.346. The van der Waals surface area contributed by atoms with Crippen LogP contribution in [-0.2, 0) is 25.1 Å². The molecule has 0 saturated carbocycles. The van der Waals surface area contributed by atoms with Crippen LogP contribution in [0.3, 0.4) is 0 Å². The van der Waals surface area contributed by atoms with Gasteiger partial charge in [-0.1, -0.05) is 60.3 Å². The number of carbonyl (C=O) groups is 1. The normalized spacial score (nSPS) is 10.6. The van der Waals surface area contributed by atoms with Gasteiger partial charge in [0.2, 0.25) is 5.91 Å². The average molecular weight is 461 g/mol. The summed E-state index contributed by atoms with van der Waals surface area (Å²) in [6.45, 7) is 0.804. The Morgan fingerprint density at radius 2 is 1.48 bits per heavy atom. The minimum absolute atomic E-state index is 0.122. The third-order valence-corrected chi connectivity index (χ3v) is 5.78. The van der Waals surface area contributed by atoms with Gasteiger partial charge in [0, 0.05) is 12.7 Å². The Balaban J connectivity index is 1.22. The molecule has 4 aromatic rings. The van der Waals surface area contributed by atoms with Crippen LogP contribution in [0.5, 0.6) is 11.5 Å². The topological polar surface area (TPSA) is 78.3 Å². The molecule has 1 aromatic heterocycles. The van der Waals surface area contributed by atoms with E-state index < -0.39 is 0 Å². The number of thioether (sulfide) groups is 1. The van der Waals surface area contributed by atoms with Gasteiger partial charge in [-0.25, -0.2) is 0 Å². The van der Waals surface area contributed by atoms with E-state index in [1.807, 2.05) is 96.5 Å². The van der Waals surface area contributed by atoms with Crippen molar-refractivity contribution in [2.45, 2.75) is 18.4 Å². The number of rotatable bonds is 10. The number of benzene rings is 3. The number of carbonyl (C=O) groups excluding carboxylic acids is 1. The van der Waals surface area contributed by atoms with E-state index in [2.05, 4.69) is 15.5 Å². The molecule has 0 aliphatic carbocycles. The summed E-state index contributed by atoms with van der Waals surface area (Å²) in [7, 11) is 1.86. The highest BCUT2D eigenvalue weighted by Gasteiger charge is 2.12. The fourth-order valence-electron chi connectivity index (χ4n) is 2.96. The standard InChI is InChI=1S/C25H24N4O3S/c1-29-23(17-32-21-10-6-3-7-11-21)27-28-25(29)33-18-24(30)26-20-12-14-22(15-13-20)31-16-19-8-4-2-5-9-19/h2-15H,16-18H2,1H3,(H,26,30).